The van der Waals surface area contributed by atoms with Crippen LogP contribution in [-0.2, 0) is 0 Å². The third-order valence-electron chi connectivity index (χ3n) is 7.51. The molecule has 3 aromatic carbocycles. The predicted molar refractivity (Wildman–Crippen MR) is 159 cm³/mol. The molecule has 0 aromatic heterocycles. The molecule has 0 unspecified atom stereocenters. The van der Waals surface area contributed by atoms with Crippen LogP contribution in [0.15, 0.2) is 41.7 Å². The van der Waals surface area contributed by atoms with Crippen molar-refractivity contribution in [3.05, 3.63) is 155 Å². The van der Waals surface area contributed by atoms with Gasteiger partial charge in [0.1, 0.15) is 12.1 Å². The van der Waals surface area contributed by atoms with Crippen LogP contribution in [0.1, 0.15) is 44.5 Å². The van der Waals surface area contributed by atoms with E-state index in [-0.39, 0.29) is 22.3 Å². The Morgan fingerprint density at radius 3 is 1.67 bits per heavy atom. The fourth-order valence-corrected chi connectivity index (χ4v) is 5.63. The van der Waals surface area contributed by atoms with Crippen LogP contribution in [-0.4, -0.2) is 0 Å². The topological polar surface area (TPSA) is 136 Å². The van der Waals surface area contributed by atoms with Gasteiger partial charge in [0.2, 0.25) is 11.4 Å². The van der Waals surface area contributed by atoms with Crippen molar-refractivity contribution >= 4 is 39.2 Å². The van der Waals surface area contributed by atoms with Crippen LogP contribution < -0.4 is 0 Å². The number of hydrogen-bond acceptors (Lipinski definition) is 5. The van der Waals surface area contributed by atoms with Crippen molar-refractivity contribution in [1.82, 2.24) is 0 Å². The zero-order valence-electron chi connectivity index (χ0n) is 23.4. The average molecular weight is 627 g/mol. The molecule has 218 valence electrons. The van der Waals surface area contributed by atoms with Gasteiger partial charge in [-0.25, -0.2) is 47.5 Å². The van der Waals surface area contributed by atoms with Crippen LogP contribution in [0.2, 0.25) is 0 Å². The maximum Gasteiger partial charge on any atom is 0.270 e. The molecule has 3 aromatic rings. The lowest BCUT2D eigenvalue weighted by Gasteiger charge is -2.14. The molecule has 0 aliphatic heterocycles. The van der Waals surface area contributed by atoms with E-state index in [4.69, 9.17) is 31.6 Å². The van der Waals surface area contributed by atoms with E-state index in [9.17, 15) is 29.8 Å². The number of benzene rings is 3. The van der Waals surface area contributed by atoms with Crippen LogP contribution in [0.4, 0.5) is 23.2 Å². The number of nitrogens with zero attached hydrogens (tertiary/aromatic N) is 9. The van der Waals surface area contributed by atoms with E-state index in [0.717, 1.165) is 30.3 Å². The van der Waals surface area contributed by atoms with Gasteiger partial charge >= 0.3 is 0 Å². The lowest BCUT2D eigenvalue weighted by Crippen LogP contribution is -2.00. The lowest BCUT2D eigenvalue weighted by atomic mass is 9.88. The highest BCUT2D eigenvalue weighted by molar-refractivity contribution is 6.30. The lowest BCUT2D eigenvalue weighted by molar-refractivity contribution is 0.504. The molecular weight excluding hydrogens is 622 g/mol. The fourth-order valence-electron chi connectivity index (χ4n) is 5.63. The molecule has 0 fully saturated rings. The van der Waals surface area contributed by atoms with E-state index in [1.54, 1.807) is 18.2 Å². The summed E-state index contributed by atoms with van der Waals surface area (Å²) in [5, 5.41) is 49.8. The van der Waals surface area contributed by atoms with E-state index in [0.29, 0.717) is 0 Å². The zero-order valence-corrected chi connectivity index (χ0v) is 23.4. The van der Waals surface area contributed by atoms with E-state index in [1.807, 2.05) is 6.07 Å². The van der Waals surface area contributed by atoms with Crippen molar-refractivity contribution in [2.24, 2.45) is 0 Å². The van der Waals surface area contributed by atoms with Gasteiger partial charge in [0.15, 0.2) is 23.3 Å². The minimum Gasteiger partial charge on any atom is -0.237 e. The molecule has 0 amide bonds. The van der Waals surface area contributed by atoms with E-state index < -0.39 is 96.2 Å². The molecule has 0 saturated carbocycles. The highest BCUT2D eigenvalue weighted by Gasteiger charge is 2.41. The third kappa shape index (κ3) is 4.08. The Labute approximate surface area is 268 Å². The van der Waals surface area contributed by atoms with Gasteiger partial charge in [-0.3, -0.25) is 0 Å². The van der Waals surface area contributed by atoms with E-state index in [1.165, 1.54) is 6.07 Å². The molecule has 2 aliphatic carbocycles. The number of hydrogen-bond donors (Lipinski definition) is 0. The van der Waals surface area contributed by atoms with Crippen LogP contribution >= 0.6 is 0 Å². The molecule has 9 nitrogen and oxygen atoms in total. The Hall–Kier alpha value is -8.25. The second-order valence-corrected chi connectivity index (χ2v) is 9.57. The van der Waals surface area contributed by atoms with Crippen molar-refractivity contribution in [3.8, 4) is 30.3 Å². The van der Waals surface area contributed by atoms with Gasteiger partial charge < -0.3 is 0 Å². The number of allylic oxidation sites excluding steroid dienone is 7. The highest BCUT2D eigenvalue weighted by atomic mass is 19.2. The van der Waals surface area contributed by atoms with Crippen molar-refractivity contribution in [1.29, 1.82) is 26.3 Å². The van der Waals surface area contributed by atoms with Gasteiger partial charge in [-0.2, -0.15) is 15.8 Å². The first-order valence-corrected chi connectivity index (χ1v) is 12.8. The summed E-state index contributed by atoms with van der Waals surface area (Å²) in [6.07, 6.45) is 0. The Bertz CT molecular complexity index is 2440. The summed E-state index contributed by atoms with van der Waals surface area (Å²) in [5.74, 6) is -6.39. The maximum atomic E-state index is 15.5. The molecule has 2 aliphatic rings. The molecule has 0 atom stereocenters. The average Bonchev–Trinajstić information content (AvgIpc) is 3.59. The van der Waals surface area contributed by atoms with Gasteiger partial charge in [-0.15, -0.1) is 0 Å². The molecular formula is C35H5F4N9. The summed E-state index contributed by atoms with van der Waals surface area (Å²) >= 11 is 0. The molecule has 0 spiro atoms. The molecule has 48 heavy (non-hydrogen) atoms. The van der Waals surface area contributed by atoms with Gasteiger partial charge in [0.25, 0.3) is 11.4 Å². The quantitative estimate of drug-likeness (QED) is 0.161. The Kier molecular flexibility index (Phi) is 7.59. The summed E-state index contributed by atoms with van der Waals surface area (Å²) in [4.78, 5) is 12.7. The summed E-state index contributed by atoms with van der Waals surface area (Å²) in [5.41, 5.74) is -8.81. The Balaban J connectivity index is 2.06. The Morgan fingerprint density at radius 1 is 0.583 bits per heavy atom. The number of fused-ring (bicyclic) bond motifs is 2. The first kappa shape index (κ1) is 31.2. The van der Waals surface area contributed by atoms with Crippen molar-refractivity contribution in [2.45, 2.75) is 0 Å². The predicted octanol–water partition coefficient (Wildman–Crippen LogP) is 8.09. The summed E-state index contributed by atoms with van der Waals surface area (Å²) in [6.45, 7) is 30.3. The molecule has 0 radical (unpaired) electrons. The van der Waals surface area contributed by atoms with Crippen LogP contribution in [0.3, 0.4) is 0 Å². The van der Waals surface area contributed by atoms with Crippen LogP contribution in [0.25, 0.3) is 52.9 Å². The minimum absolute atomic E-state index is 0.252. The fraction of sp³-hybridized carbons (Fsp3) is 0. The van der Waals surface area contributed by atoms with Gasteiger partial charge in [-0.1, -0.05) is 12.1 Å². The first-order valence-electron chi connectivity index (χ1n) is 12.8. The largest absolute Gasteiger partial charge is 0.270 e. The summed E-state index contributed by atoms with van der Waals surface area (Å²) in [7, 11) is 0. The van der Waals surface area contributed by atoms with Crippen LogP contribution in [0, 0.1) is 106 Å². The van der Waals surface area contributed by atoms with Gasteiger partial charge in [0, 0.05) is 33.4 Å². The minimum atomic E-state index is -1.61. The van der Waals surface area contributed by atoms with Crippen molar-refractivity contribution in [2.75, 3.05) is 0 Å². The SMILES string of the molecule is [C-]#[N+]C1=C(c2ccc([N+]#[C-])c(F)c2F)/C(=C(/C#N)[N+]#[C-])c2cc3c(c(C#N)c21)C(C#N)=C(c1ccc(C#N)c(F)c1F)/C3=C(\C#N)[N+]#[C-]. The van der Waals surface area contributed by atoms with Crippen molar-refractivity contribution < 1.29 is 17.6 Å². The number of halogens is 4. The third-order valence-corrected chi connectivity index (χ3v) is 7.51. The molecule has 0 N–H and O–H groups in total. The molecule has 0 saturated heterocycles. The second kappa shape index (κ2) is 11.7. The smallest absolute Gasteiger partial charge is 0.237 e. The first-order chi connectivity index (χ1) is 23.1. The molecule has 5 rings (SSSR count). The zero-order chi connectivity index (χ0) is 35.0. The van der Waals surface area contributed by atoms with E-state index in [2.05, 4.69) is 19.4 Å². The standard InChI is InChI=1S/C35H5F4N9/c1-45-22-8-7-17(33(38)34(22)39)30-29(24(14-44)47-3)19-9-18-25(21(12-42)27(19)35(30)48-4)20(11-41)26(28(18)23(13-43)46-2)16-6-5-15(10-40)31(36)32(16)37/h5-9H/b28-23+,29-24-. The second-order valence-electron chi connectivity index (χ2n) is 9.57. The monoisotopic (exact) mass is 627 g/mol. The summed E-state index contributed by atoms with van der Waals surface area (Å²) < 4.78 is 60.8. The highest BCUT2D eigenvalue weighted by Crippen LogP contribution is 2.57. The molecule has 0 bridgehead atoms. The maximum absolute atomic E-state index is 15.5. The van der Waals surface area contributed by atoms with Crippen molar-refractivity contribution in [3.63, 3.8) is 0 Å². The number of rotatable bonds is 2. The van der Waals surface area contributed by atoms with E-state index >= 15 is 8.78 Å². The van der Waals surface area contributed by atoms with Gasteiger partial charge in [-0.05, 0) is 40.5 Å². The number of nitriles is 5. The Morgan fingerprint density at radius 2 is 1.15 bits per heavy atom. The molecule has 0 heterocycles. The normalized spacial score (nSPS) is 14.4. The molecule has 13 heteroatoms. The summed E-state index contributed by atoms with van der Waals surface area (Å²) in [6, 6.07) is 13.2. The van der Waals surface area contributed by atoms with Gasteiger partial charge in [0.05, 0.1) is 61.2 Å². The van der Waals surface area contributed by atoms with Crippen LogP contribution in [0.5, 0.6) is 0 Å².